The van der Waals surface area contributed by atoms with Gasteiger partial charge in [-0.1, -0.05) is 46.0 Å². The SMILES string of the molecule is CCCCCCOC1(CNC)CCC(CCC)CC1. The van der Waals surface area contributed by atoms with E-state index in [1.165, 1.54) is 64.2 Å². The van der Waals surface area contributed by atoms with E-state index in [1.54, 1.807) is 0 Å². The highest BCUT2D eigenvalue weighted by atomic mass is 16.5. The van der Waals surface area contributed by atoms with Crippen molar-refractivity contribution >= 4 is 0 Å². The van der Waals surface area contributed by atoms with Crippen molar-refractivity contribution in [3.05, 3.63) is 0 Å². The minimum Gasteiger partial charge on any atom is -0.374 e. The molecular formula is C17H35NO. The zero-order chi connectivity index (χ0) is 14.0. The molecule has 0 radical (unpaired) electrons. The summed E-state index contributed by atoms with van der Waals surface area (Å²) in [5.74, 6) is 0.957. The lowest BCUT2D eigenvalue weighted by atomic mass is 9.77. The Kier molecular flexibility index (Phi) is 8.72. The Labute approximate surface area is 120 Å². The second kappa shape index (κ2) is 9.77. The molecule has 0 bridgehead atoms. The van der Waals surface area contributed by atoms with Gasteiger partial charge in [0.25, 0.3) is 0 Å². The lowest BCUT2D eigenvalue weighted by molar-refractivity contribution is -0.0771. The molecule has 1 saturated carbocycles. The number of nitrogens with one attached hydrogen (secondary N) is 1. The molecule has 0 heterocycles. The molecule has 0 aromatic rings. The van der Waals surface area contributed by atoms with Gasteiger partial charge in [-0.3, -0.25) is 0 Å². The van der Waals surface area contributed by atoms with Crippen molar-refractivity contribution in [2.75, 3.05) is 20.2 Å². The quantitative estimate of drug-likeness (QED) is 0.588. The normalized spacial score (nSPS) is 27.6. The van der Waals surface area contributed by atoms with E-state index in [1.807, 2.05) is 0 Å². The molecule has 114 valence electrons. The lowest BCUT2D eigenvalue weighted by Crippen LogP contribution is -2.45. The Morgan fingerprint density at radius 2 is 1.79 bits per heavy atom. The van der Waals surface area contributed by atoms with E-state index in [0.717, 1.165) is 19.1 Å². The number of unbranched alkanes of at least 4 members (excludes halogenated alkanes) is 3. The smallest absolute Gasteiger partial charge is 0.0806 e. The molecule has 19 heavy (non-hydrogen) atoms. The van der Waals surface area contributed by atoms with E-state index in [-0.39, 0.29) is 5.60 Å². The highest BCUT2D eigenvalue weighted by Crippen LogP contribution is 2.36. The third-order valence-corrected chi connectivity index (χ3v) is 4.62. The summed E-state index contributed by atoms with van der Waals surface area (Å²) >= 11 is 0. The summed E-state index contributed by atoms with van der Waals surface area (Å²) in [5, 5.41) is 3.35. The van der Waals surface area contributed by atoms with E-state index in [2.05, 4.69) is 26.2 Å². The molecule has 0 aromatic carbocycles. The minimum atomic E-state index is 0.144. The zero-order valence-electron chi connectivity index (χ0n) is 13.5. The first kappa shape index (κ1) is 17.0. The molecule has 0 amide bonds. The monoisotopic (exact) mass is 269 g/mol. The van der Waals surface area contributed by atoms with Gasteiger partial charge in [0.1, 0.15) is 0 Å². The molecule has 1 N–H and O–H groups in total. The van der Waals surface area contributed by atoms with Gasteiger partial charge in [0.2, 0.25) is 0 Å². The van der Waals surface area contributed by atoms with Crippen molar-refractivity contribution < 1.29 is 4.74 Å². The summed E-state index contributed by atoms with van der Waals surface area (Å²) < 4.78 is 6.32. The molecule has 0 saturated heterocycles. The van der Waals surface area contributed by atoms with Crippen LogP contribution in [0.3, 0.4) is 0 Å². The number of hydrogen-bond acceptors (Lipinski definition) is 2. The minimum absolute atomic E-state index is 0.144. The van der Waals surface area contributed by atoms with Gasteiger partial charge in [-0.15, -0.1) is 0 Å². The zero-order valence-corrected chi connectivity index (χ0v) is 13.5. The van der Waals surface area contributed by atoms with Gasteiger partial charge in [0.15, 0.2) is 0 Å². The first-order valence-corrected chi connectivity index (χ1v) is 8.55. The standard InChI is InChI=1S/C17H35NO/c1-4-6-7-8-14-19-17(15-18-3)12-10-16(9-5-2)11-13-17/h16,18H,4-15H2,1-3H3. The Balaban J connectivity index is 2.30. The summed E-state index contributed by atoms with van der Waals surface area (Å²) in [5.41, 5.74) is 0.144. The van der Waals surface area contributed by atoms with Crippen LogP contribution < -0.4 is 5.32 Å². The number of hydrogen-bond donors (Lipinski definition) is 1. The number of ether oxygens (including phenoxy) is 1. The van der Waals surface area contributed by atoms with Crippen LogP contribution in [0, 0.1) is 5.92 Å². The first-order valence-electron chi connectivity index (χ1n) is 8.55. The lowest BCUT2D eigenvalue weighted by Gasteiger charge is -2.40. The van der Waals surface area contributed by atoms with Crippen LogP contribution in [-0.2, 0) is 4.74 Å². The van der Waals surface area contributed by atoms with Crippen molar-refractivity contribution in [3.8, 4) is 0 Å². The van der Waals surface area contributed by atoms with Gasteiger partial charge >= 0.3 is 0 Å². The highest BCUT2D eigenvalue weighted by molar-refractivity contribution is 4.89. The van der Waals surface area contributed by atoms with E-state index in [9.17, 15) is 0 Å². The maximum atomic E-state index is 6.32. The number of likely N-dealkylation sites (N-methyl/N-ethyl adjacent to an activating group) is 1. The van der Waals surface area contributed by atoms with Gasteiger partial charge in [-0.2, -0.15) is 0 Å². The Bertz CT molecular complexity index is 209. The fraction of sp³-hybridized carbons (Fsp3) is 1.00. The highest BCUT2D eigenvalue weighted by Gasteiger charge is 2.35. The first-order chi connectivity index (χ1) is 9.26. The van der Waals surface area contributed by atoms with Crippen LogP contribution in [0.5, 0.6) is 0 Å². The van der Waals surface area contributed by atoms with Crippen LogP contribution in [-0.4, -0.2) is 25.8 Å². The molecule has 0 aromatic heterocycles. The maximum Gasteiger partial charge on any atom is 0.0806 e. The average molecular weight is 269 g/mol. The molecular weight excluding hydrogens is 234 g/mol. The van der Waals surface area contributed by atoms with Crippen LogP contribution in [0.25, 0.3) is 0 Å². The van der Waals surface area contributed by atoms with Crippen LogP contribution in [0.1, 0.15) is 78.1 Å². The molecule has 0 spiro atoms. The molecule has 1 aliphatic carbocycles. The van der Waals surface area contributed by atoms with E-state index in [4.69, 9.17) is 4.74 Å². The van der Waals surface area contributed by atoms with Crippen LogP contribution in [0.15, 0.2) is 0 Å². The number of rotatable bonds is 10. The van der Waals surface area contributed by atoms with Crippen molar-refractivity contribution in [2.45, 2.75) is 83.7 Å². The van der Waals surface area contributed by atoms with Crippen LogP contribution >= 0.6 is 0 Å². The molecule has 1 fully saturated rings. The Hall–Kier alpha value is -0.0800. The van der Waals surface area contributed by atoms with Crippen molar-refractivity contribution in [1.82, 2.24) is 5.32 Å². The van der Waals surface area contributed by atoms with Crippen LogP contribution in [0.2, 0.25) is 0 Å². The van der Waals surface area contributed by atoms with Crippen molar-refractivity contribution in [3.63, 3.8) is 0 Å². The van der Waals surface area contributed by atoms with Crippen molar-refractivity contribution in [1.29, 1.82) is 0 Å². The maximum absolute atomic E-state index is 6.32. The third-order valence-electron chi connectivity index (χ3n) is 4.62. The summed E-state index contributed by atoms with van der Waals surface area (Å²) in [6.45, 7) is 6.55. The fourth-order valence-corrected chi connectivity index (χ4v) is 3.41. The average Bonchev–Trinajstić information content (AvgIpc) is 2.42. The predicted octanol–water partition coefficient (Wildman–Crippen LogP) is 4.53. The van der Waals surface area contributed by atoms with Gasteiger partial charge in [0.05, 0.1) is 5.60 Å². The molecule has 1 aliphatic rings. The van der Waals surface area contributed by atoms with Gasteiger partial charge in [-0.25, -0.2) is 0 Å². The molecule has 1 rings (SSSR count). The van der Waals surface area contributed by atoms with Gasteiger partial charge in [-0.05, 0) is 45.1 Å². The Morgan fingerprint density at radius 1 is 1.05 bits per heavy atom. The van der Waals surface area contributed by atoms with E-state index < -0.39 is 0 Å². The largest absolute Gasteiger partial charge is 0.374 e. The fourth-order valence-electron chi connectivity index (χ4n) is 3.41. The second-order valence-electron chi connectivity index (χ2n) is 6.35. The van der Waals surface area contributed by atoms with Gasteiger partial charge in [0, 0.05) is 13.2 Å². The summed E-state index contributed by atoms with van der Waals surface area (Å²) in [6.07, 6.45) is 13.2. The molecule has 0 unspecified atom stereocenters. The summed E-state index contributed by atoms with van der Waals surface area (Å²) in [6, 6.07) is 0. The van der Waals surface area contributed by atoms with Crippen LogP contribution in [0.4, 0.5) is 0 Å². The third kappa shape index (κ3) is 6.27. The van der Waals surface area contributed by atoms with Gasteiger partial charge < -0.3 is 10.1 Å². The molecule has 2 heteroatoms. The second-order valence-corrected chi connectivity index (χ2v) is 6.35. The molecule has 0 aliphatic heterocycles. The van der Waals surface area contributed by atoms with Crippen molar-refractivity contribution in [2.24, 2.45) is 5.92 Å². The molecule has 2 nitrogen and oxygen atoms in total. The summed E-state index contributed by atoms with van der Waals surface area (Å²) in [4.78, 5) is 0. The molecule has 0 atom stereocenters. The topological polar surface area (TPSA) is 21.3 Å². The van der Waals surface area contributed by atoms with E-state index in [0.29, 0.717) is 0 Å². The summed E-state index contributed by atoms with van der Waals surface area (Å²) in [7, 11) is 2.06. The predicted molar refractivity (Wildman–Crippen MR) is 83.6 cm³/mol. The van der Waals surface area contributed by atoms with E-state index >= 15 is 0 Å². The Morgan fingerprint density at radius 3 is 2.37 bits per heavy atom.